The zero-order valence-corrected chi connectivity index (χ0v) is 16.2. The molecule has 2 heterocycles. The summed E-state index contributed by atoms with van der Waals surface area (Å²) in [5, 5.41) is 14.0. The van der Waals surface area contributed by atoms with Crippen molar-refractivity contribution in [2.45, 2.75) is 19.6 Å². The zero-order valence-electron chi connectivity index (χ0n) is 16.2. The molecule has 1 fully saturated rings. The summed E-state index contributed by atoms with van der Waals surface area (Å²) in [5.41, 5.74) is 2.49. The Balaban J connectivity index is 1.47. The molecule has 2 amide bonds. The predicted octanol–water partition coefficient (Wildman–Crippen LogP) is 1.99. The van der Waals surface area contributed by atoms with E-state index in [2.05, 4.69) is 20.7 Å². The van der Waals surface area contributed by atoms with Gasteiger partial charge in [0.25, 0.3) is 0 Å². The molecule has 1 aliphatic heterocycles. The molecule has 0 saturated carbocycles. The van der Waals surface area contributed by atoms with Gasteiger partial charge in [-0.15, -0.1) is 10.2 Å². The van der Waals surface area contributed by atoms with E-state index in [9.17, 15) is 14.0 Å². The summed E-state index contributed by atoms with van der Waals surface area (Å²) in [7, 11) is 0. The largest absolute Gasteiger partial charge is 0.442 e. The zero-order chi connectivity index (χ0) is 21.1. The topological polar surface area (TPSA) is 102 Å². The van der Waals surface area contributed by atoms with Crippen molar-refractivity contribution in [1.29, 1.82) is 0 Å². The van der Waals surface area contributed by atoms with Crippen LogP contribution in [0.4, 0.5) is 14.9 Å². The van der Waals surface area contributed by atoms with Gasteiger partial charge in [0.1, 0.15) is 11.9 Å². The van der Waals surface area contributed by atoms with Gasteiger partial charge in [0.15, 0.2) is 6.33 Å². The van der Waals surface area contributed by atoms with E-state index in [1.54, 1.807) is 12.1 Å². The molecule has 0 unspecified atom stereocenters. The molecule has 1 atom stereocenters. The van der Waals surface area contributed by atoms with Crippen LogP contribution in [0.5, 0.6) is 0 Å². The van der Waals surface area contributed by atoms with E-state index in [0.717, 1.165) is 5.56 Å². The molecule has 154 valence electrons. The molecule has 3 aromatic rings. The molecule has 9 nitrogen and oxygen atoms in total. The molecule has 0 aliphatic carbocycles. The quantitative estimate of drug-likeness (QED) is 0.667. The molecule has 30 heavy (non-hydrogen) atoms. The van der Waals surface area contributed by atoms with Crippen LogP contribution in [-0.4, -0.2) is 51.4 Å². The number of rotatable bonds is 6. The average Bonchev–Trinajstić information content (AvgIpc) is 3.36. The van der Waals surface area contributed by atoms with Gasteiger partial charge in [-0.3, -0.25) is 9.69 Å². The van der Waals surface area contributed by atoms with Gasteiger partial charge in [0.2, 0.25) is 5.91 Å². The monoisotopic (exact) mass is 410 g/mol. The Kier molecular flexibility index (Phi) is 5.38. The molecular weight excluding hydrogens is 391 g/mol. The highest BCUT2D eigenvalue weighted by molar-refractivity contribution is 5.90. The summed E-state index contributed by atoms with van der Waals surface area (Å²) in [6.45, 7) is 2.32. The van der Waals surface area contributed by atoms with Crippen molar-refractivity contribution >= 4 is 17.7 Å². The average molecular weight is 410 g/mol. The molecular formula is C20H19FN6O3. The molecule has 4 rings (SSSR count). The van der Waals surface area contributed by atoms with Crippen LogP contribution in [0, 0.1) is 5.82 Å². The molecule has 0 spiro atoms. The summed E-state index contributed by atoms with van der Waals surface area (Å²) >= 11 is 0. The fraction of sp³-hybridized carbons (Fsp3) is 0.250. The molecule has 10 heteroatoms. The Bertz CT molecular complexity index is 1050. The van der Waals surface area contributed by atoms with E-state index in [0.29, 0.717) is 23.4 Å². The van der Waals surface area contributed by atoms with E-state index in [4.69, 9.17) is 4.74 Å². The molecule has 1 aliphatic rings. The van der Waals surface area contributed by atoms with Gasteiger partial charge in [0.05, 0.1) is 25.3 Å². The summed E-state index contributed by atoms with van der Waals surface area (Å²) in [5.74, 6) is -0.653. The fourth-order valence-electron chi connectivity index (χ4n) is 3.22. The van der Waals surface area contributed by atoms with Crippen LogP contribution in [0.25, 0.3) is 11.1 Å². The Hall–Kier alpha value is -3.82. The summed E-state index contributed by atoms with van der Waals surface area (Å²) in [6, 6.07) is 12.0. The van der Waals surface area contributed by atoms with Gasteiger partial charge in [-0.25, -0.2) is 9.18 Å². The number of nitrogens with one attached hydrogen (secondary N) is 1. The summed E-state index contributed by atoms with van der Waals surface area (Å²) in [4.78, 5) is 26.0. The number of cyclic esters (lactones) is 1. The lowest BCUT2D eigenvalue weighted by molar-refractivity contribution is -0.119. The van der Waals surface area contributed by atoms with Crippen molar-refractivity contribution in [3.05, 3.63) is 60.2 Å². The number of aromatic nitrogens is 4. The maximum atomic E-state index is 14.8. The predicted molar refractivity (Wildman–Crippen MR) is 105 cm³/mol. The molecule has 1 N–H and O–H groups in total. The van der Waals surface area contributed by atoms with Crippen LogP contribution in [0.15, 0.2) is 48.8 Å². The number of carbonyl (C=O) groups is 2. The number of hydrogen-bond donors (Lipinski definition) is 1. The van der Waals surface area contributed by atoms with E-state index in [1.807, 2.05) is 24.3 Å². The van der Waals surface area contributed by atoms with Crippen LogP contribution >= 0.6 is 0 Å². The van der Waals surface area contributed by atoms with Gasteiger partial charge in [-0.05, 0) is 34.5 Å². The molecule has 1 aromatic heterocycles. The Labute approximate surface area is 171 Å². The highest BCUT2D eigenvalue weighted by atomic mass is 19.1. The lowest BCUT2D eigenvalue weighted by atomic mass is 10.0. The third-order valence-electron chi connectivity index (χ3n) is 4.70. The van der Waals surface area contributed by atoms with Gasteiger partial charge in [-0.2, -0.15) is 4.80 Å². The minimum absolute atomic E-state index is 0.205. The lowest BCUT2D eigenvalue weighted by Crippen LogP contribution is -2.33. The highest BCUT2D eigenvalue weighted by Crippen LogP contribution is 2.29. The number of carbonyl (C=O) groups excluding carboxylic acids is 2. The number of benzene rings is 2. The van der Waals surface area contributed by atoms with Crippen LogP contribution in [0.1, 0.15) is 12.5 Å². The maximum absolute atomic E-state index is 14.8. The molecule has 1 saturated heterocycles. The minimum atomic E-state index is -0.566. The third-order valence-corrected chi connectivity index (χ3v) is 4.70. The number of ether oxygens (including phenoxy) is 1. The third kappa shape index (κ3) is 4.27. The summed E-state index contributed by atoms with van der Waals surface area (Å²) < 4.78 is 20.0. The van der Waals surface area contributed by atoms with Crippen LogP contribution in [-0.2, 0) is 16.1 Å². The number of tetrazole rings is 1. The molecule has 0 radical (unpaired) electrons. The van der Waals surface area contributed by atoms with Crippen molar-refractivity contribution in [2.24, 2.45) is 0 Å². The van der Waals surface area contributed by atoms with Crippen LogP contribution in [0.2, 0.25) is 0 Å². The van der Waals surface area contributed by atoms with E-state index < -0.39 is 18.0 Å². The smallest absolute Gasteiger partial charge is 0.414 e. The van der Waals surface area contributed by atoms with Crippen LogP contribution in [0.3, 0.4) is 0 Å². The lowest BCUT2D eigenvalue weighted by Gasteiger charge is -2.14. The fourth-order valence-corrected chi connectivity index (χ4v) is 3.22. The van der Waals surface area contributed by atoms with Gasteiger partial charge in [-0.1, -0.05) is 24.3 Å². The first-order chi connectivity index (χ1) is 14.5. The van der Waals surface area contributed by atoms with E-state index in [1.165, 1.54) is 29.0 Å². The van der Waals surface area contributed by atoms with E-state index >= 15 is 0 Å². The van der Waals surface area contributed by atoms with Crippen molar-refractivity contribution in [3.63, 3.8) is 0 Å². The van der Waals surface area contributed by atoms with Crippen molar-refractivity contribution < 1.29 is 18.7 Å². The van der Waals surface area contributed by atoms with Crippen molar-refractivity contribution in [1.82, 2.24) is 25.5 Å². The Morgan fingerprint density at radius 1 is 1.27 bits per heavy atom. The SMILES string of the molecule is CC(=O)NC[C@H]1CN(c2ccc(-c3ccc(Cn4ncnn4)cc3)c(F)c2)C(=O)O1. The first kappa shape index (κ1) is 19.5. The number of halogens is 1. The minimum Gasteiger partial charge on any atom is -0.442 e. The summed E-state index contributed by atoms with van der Waals surface area (Å²) in [6.07, 6.45) is 0.323. The maximum Gasteiger partial charge on any atom is 0.414 e. The second-order valence-electron chi connectivity index (χ2n) is 6.88. The highest BCUT2D eigenvalue weighted by Gasteiger charge is 2.32. The number of nitrogens with zero attached hydrogens (tertiary/aromatic N) is 5. The Morgan fingerprint density at radius 2 is 2.07 bits per heavy atom. The van der Waals surface area contributed by atoms with Gasteiger partial charge in [0, 0.05) is 12.5 Å². The standard InChI is InChI=1S/C20H19FN6O3/c1-13(28)22-9-17-11-26(20(29)30-17)16-6-7-18(19(21)8-16)15-4-2-14(3-5-15)10-27-24-12-23-25-27/h2-8,12,17H,9-11H2,1H3,(H,22,28)/t17-/m0/s1. The van der Waals surface area contributed by atoms with E-state index in [-0.39, 0.29) is 19.0 Å². The second-order valence-corrected chi connectivity index (χ2v) is 6.88. The number of amides is 2. The van der Waals surface area contributed by atoms with Crippen molar-refractivity contribution in [2.75, 3.05) is 18.0 Å². The van der Waals surface area contributed by atoms with Gasteiger partial charge < -0.3 is 10.1 Å². The first-order valence-electron chi connectivity index (χ1n) is 9.32. The van der Waals surface area contributed by atoms with Crippen LogP contribution < -0.4 is 10.2 Å². The molecule has 0 bridgehead atoms. The number of anilines is 1. The number of hydrogen-bond acceptors (Lipinski definition) is 6. The van der Waals surface area contributed by atoms with Crippen molar-refractivity contribution in [3.8, 4) is 11.1 Å². The van der Waals surface area contributed by atoms with Gasteiger partial charge >= 0.3 is 6.09 Å². The first-order valence-corrected chi connectivity index (χ1v) is 9.32. The second kappa shape index (κ2) is 8.27. The molecule has 2 aromatic carbocycles. The normalized spacial score (nSPS) is 15.9. The Morgan fingerprint density at radius 3 is 2.73 bits per heavy atom.